The van der Waals surface area contributed by atoms with Crippen molar-refractivity contribution in [3.63, 3.8) is 0 Å². The lowest BCUT2D eigenvalue weighted by Crippen LogP contribution is -2.70. The van der Waals surface area contributed by atoms with E-state index in [2.05, 4.69) is 0 Å². The molecule has 0 radical (unpaired) electrons. The van der Waals surface area contributed by atoms with Gasteiger partial charge in [0.25, 0.3) is 0 Å². The van der Waals surface area contributed by atoms with Crippen molar-refractivity contribution in [1.82, 2.24) is 0 Å². The molecule has 1 nitrogen and oxygen atoms in total. The third kappa shape index (κ3) is 0.829. The maximum absolute atomic E-state index is 11.7. The van der Waals surface area contributed by atoms with Crippen LogP contribution in [0, 0.1) is 11.8 Å². The Kier molecular flexibility index (Phi) is 1.81. The fourth-order valence-electron chi connectivity index (χ4n) is 3.90. The third-order valence-electron chi connectivity index (χ3n) is 4.55. The Labute approximate surface area is 94.1 Å². The molecule has 0 aromatic rings. The van der Waals surface area contributed by atoms with Crippen LogP contribution < -0.4 is 0 Å². The van der Waals surface area contributed by atoms with Gasteiger partial charge >= 0.3 is 0 Å². The lowest BCUT2D eigenvalue weighted by Gasteiger charge is -2.63. The second kappa shape index (κ2) is 2.68. The predicted molar refractivity (Wildman–Crippen MR) is 56.9 cm³/mol. The maximum Gasteiger partial charge on any atom is 0.138 e. The Morgan fingerprint density at radius 3 is 2.50 bits per heavy atom. The fourth-order valence-corrected chi connectivity index (χ4v) is 5.13. The number of carbonyl (C=O) groups is 1. The predicted octanol–water partition coefficient (Wildman–Crippen LogP) is 3.12. The van der Waals surface area contributed by atoms with E-state index < -0.39 is 0 Å². The Morgan fingerprint density at radius 1 is 1.14 bits per heavy atom. The molecule has 0 spiro atoms. The summed E-state index contributed by atoms with van der Waals surface area (Å²) in [4.78, 5) is 11.1. The first kappa shape index (κ1) is 9.47. The highest BCUT2D eigenvalue weighted by atomic mass is 35.5. The highest BCUT2D eigenvalue weighted by molar-refractivity contribution is 6.38. The molecule has 0 N–H and O–H groups in total. The van der Waals surface area contributed by atoms with Gasteiger partial charge in [0.05, 0.1) is 9.75 Å². The van der Waals surface area contributed by atoms with Crippen molar-refractivity contribution in [2.24, 2.45) is 11.8 Å². The minimum atomic E-state index is -0.384. The van der Waals surface area contributed by atoms with Crippen LogP contribution in [0.25, 0.3) is 0 Å². The van der Waals surface area contributed by atoms with Crippen molar-refractivity contribution < 1.29 is 4.79 Å². The first-order valence-corrected chi connectivity index (χ1v) is 6.26. The summed E-state index contributed by atoms with van der Waals surface area (Å²) in [5.74, 6) is 0.833. The minimum absolute atomic E-state index is 0.0852. The van der Waals surface area contributed by atoms with Crippen LogP contribution in [0.5, 0.6) is 0 Å². The summed E-state index contributed by atoms with van der Waals surface area (Å²) in [6.07, 6.45) is 5.93. The molecule has 0 aliphatic heterocycles. The van der Waals surface area contributed by atoms with Gasteiger partial charge in [-0.2, -0.15) is 0 Å². The van der Waals surface area contributed by atoms with Gasteiger partial charge < -0.3 is 0 Å². The molecule has 0 aromatic heterocycles. The van der Waals surface area contributed by atoms with E-state index in [1.165, 1.54) is 6.42 Å². The van der Waals surface area contributed by atoms with Crippen molar-refractivity contribution in [2.75, 3.05) is 0 Å². The smallest absolute Gasteiger partial charge is 0.138 e. The molecule has 0 bridgehead atoms. The lowest BCUT2D eigenvalue weighted by molar-refractivity contribution is -0.128. The van der Waals surface area contributed by atoms with Gasteiger partial charge in [0.2, 0.25) is 0 Å². The van der Waals surface area contributed by atoms with Crippen LogP contribution in [-0.2, 0) is 4.79 Å². The van der Waals surface area contributed by atoms with E-state index in [-0.39, 0.29) is 15.7 Å². The summed E-state index contributed by atoms with van der Waals surface area (Å²) in [6, 6.07) is 0. The van der Waals surface area contributed by atoms with E-state index in [0.29, 0.717) is 18.1 Å². The van der Waals surface area contributed by atoms with E-state index in [1.54, 1.807) is 0 Å². The number of carbonyl (C=O) groups excluding carboxylic acids is 1. The van der Waals surface area contributed by atoms with E-state index in [4.69, 9.17) is 23.2 Å². The number of hydrogen-bond acceptors (Lipinski definition) is 1. The number of rotatable bonds is 0. The largest absolute Gasteiger partial charge is 0.299 e. The molecule has 3 aliphatic rings. The Bertz CT molecular complexity index is 304. The third-order valence-corrected chi connectivity index (χ3v) is 6.22. The van der Waals surface area contributed by atoms with E-state index >= 15 is 0 Å². The van der Waals surface area contributed by atoms with E-state index in [0.717, 1.165) is 25.7 Å². The second-order valence-electron chi connectivity index (χ2n) is 5.02. The summed E-state index contributed by atoms with van der Waals surface area (Å²) >= 11 is 13.2. The number of ketones is 1. The Morgan fingerprint density at radius 2 is 1.79 bits per heavy atom. The topological polar surface area (TPSA) is 17.1 Å². The highest BCUT2D eigenvalue weighted by Crippen LogP contribution is 2.70. The zero-order valence-corrected chi connectivity index (χ0v) is 9.57. The Hall–Kier alpha value is 0.250. The SMILES string of the molecule is O=C1CC[C@@H]2[C@H]1[C@@]1(Cl)CCCC[C@@]21Cl. The molecule has 0 aromatic carbocycles. The van der Waals surface area contributed by atoms with Crippen molar-refractivity contribution in [3.8, 4) is 0 Å². The van der Waals surface area contributed by atoms with Crippen molar-refractivity contribution in [2.45, 2.75) is 48.3 Å². The standard InChI is InChI=1S/C11H14Cl2O/c12-10-5-1-2-6-11(10,13)9-7(10)3-4-8(9)14/h7,9H,1-6H2/t7-,9-,10-,11+/m1/s1. The van der Waals surface area contributed by atoms with Crippen molar-refractivity contribution in [1.29, 1.82) is 0 Å². The summed E-state index contributed by atoms with van der Waals surface area (Å²) < 4.78 is 0. The molecule has 3 heteroatoms. The van der Waals surface area contributed by atoms with Gasteiger partial charge in [0.1, 0.15) is 5.78 Å². The summed E-state index contributed by atoms with van der Waals surface area (Å²) in [6.45, 7) is 0. The van der Waals surface area contributed by atoms with Gasteiger partial charge in [-0.25, -0.2) is 0 Å². The van der Waals surface area contributed by atoms with Crippen molar-refractivity contribution in [3.05, 3.63) is 0 Å². The minimum Gasteiger partial charge on any atom is -0.299 e. The summed E-state index contributed by atoms with van der Waals surface area (Å²) in [5, 5.41) is 0. The van der Waals surface area contributed by atoms with Crippen LogP contribution in [0.4, 0.5) is 0 Å². The molecule has 3 saturated carbocycles. The van der Waals surface area contributed by atoms with Crippen LogP contribution in [0.3, 0.4) is 0 Å². The average Bonchev–Trinajstić information content (AvgIpc) is 2.51. The molecule has 3 aliphatic carbocycles. The van der Waals surface area contributed by atoms with Gasteiger partial charge in [-0.3, -0.25) is 4.79 Å². The molecule has 0 heterocycles. The van der Waals surface area contributed by atoms with Gasteiger partial charge in [0, 0.05) is 12.3 Å². The monoisotopic (exact) mass is 232 g/mol. The number of fused-ring (bicyclic) bond motifs is 4. The number of Topliss-reactive ketones (excluding diaryl/α,β-unsaturated/α-hetero) is 1. The molecule has 14 heavy (non-hydrogen) atoms. The molecule has 3 rings (SSSR count). The first-order chi connectivity index (χ1) is 6.59. The van der Waals surface area contributed by atoms with Gasteiger partial charge in [-0.1, -0.05) is 12.8 Å². The first-order valence-electron chi connectivity index (χ1n) is 5.50. The molecular formula is C11H14Cl2O. The van der Waals surface area contributed by atoms with E-state index in [1.807, 2.05) is 0 Å². The quantitative estimate of drug-likeness (QED) is 0.587. The normalized spacial score (nSPS) is 56.3. The molecule has 0 unspecified atom stereocenters. The fraction of sp³-hybridized carbons (Fsp3) is 0.909. The van der Waals surface area contributed by atoms with Crippen LogP contribution in [0.1, 0.15) is 38.5 Å². The molecule has 0 amide bonds. The summed E-state index contributed by atoms with van der Waals surface area (Å²) in [7, 11) is 0. The molecular weight excluding hydrogens is 219 g/mol. The zero-order valence-electron chi connectivity index (χ0n) is 8.06. The van der Waals surface area contributed by atoms with Crippen LogP contribution in [-0.4, -0.2) is 15.5 Å². The number of alkyl halides is 2. The molecule has 78 valence electrons. The summed E-state index contributed by atoms with van der Waals surface area (Å²) in [5.41, 5.74) is 0. The van der Waals surface area contributed by atoms with Gasteiger partial charge in [0.15, 0.2) is 0 Å². The van der Waals surface area contributed by atoms with Crippen LogP contribution in [0.15, 0.2) is 0 Å². The van der Waals surface area contributed by atoms with Crippen LogP contribution >= 0.6 is 23.2 Å². The van der Waals surface area contributed by atoms with Gasteiger partial charge in [-0.15, -0.1) is 23.2 Å². The number of hydrogen-bond donors (Lipinski definition) is 0. The van der Waals surface area contributed by atoms with E-state index in [9.17, 15) is 4.79 Å². The zero-order chi connectivity index (χ0) is 9.97. The van der Waals surface area contributed by atoms with Gasteiger partial charge in [-0.05, 0) is 25.2 Å². The number of halogens is 2. The molecule has 0 saturated heterocycles. The molecule has 3 fully saturated rings. The Balaban J connectivity index is 2.00. The lowest BCUT2D eigenvalue weighted by atomic mass is 9.51. The van der Waals surface area contributed by atoms with Crippen molar-refractivity contribution >= 4 is 29.0 Å². The second-order valence-corrected chi connectivity index (χ2v) is 6.37. The average molecular weight is 233 g/mol. The van der Waals surface area contributed by atoms with Crippen LogP contribution in [0.2, 0.25) is 0 Å². The maximum atomic E-state index is 11.7. The molecule has 4 atom stereocenters. The highest BCUT2D eigenvalue weighted by Gasteiger charge is 2.74.